The monoisotopic (exact) mass is 1290 g/mol. The highest BCUT2D eigenvalue weighted by Crippen LogP contribution is 2.38. The summed E-state index contributed by atoms with van der Waals surface area (Å²) >= 11 is 0. The van der Waals surface area contributed by atoms with Gasteiger partial charge in [-0.25, -0.2) is 4.79 Å². The van der Waals surface area contributed by atoms with Crippen LogP contribution in [-0.4, -0.2) is 163 Å². The van der Waals surface area contributed by atoms with Crippen LogP contribution in [0, 0.1) is 23.7 Å². The van der Waals surface area contributed by atoms with E-state index in [1.807, 2.05) is 85.7 Å². The SMILES string of the molecule is CC(C)CCCOCCOCCNC(=O)OCCC(C)(C)SSCOCCCCOC(C)C.CC(C)CCCSSCOCCCCOC(C)C.CC(C)CCSSCCNC(C)C.CNCCCCOCSSCCCC(C)C. The lowest BCUT2D eigenvalue weighted by Crippen LogP contribution is -2.29. The zero-order chi connectivity index (χ0) is 60.6. The zero-order valence-electron chi connectivity index (χ0n) is 54.5. The van der Waals surface area contributed by atoms with Gasteiger partial charge in [0.2, 0.25) is 0 Å². The largest absolute Gasteiger partial charge is 0.450 e. The van der Waals surface area contributed by atoms with Gasteiger partial charge in [0.15, 0.2) is 0 Å². The lowest BCUT2D eigenvalue weighted by Gasteiger charge is -2.22. The number of alkyl carbamates (subject to hydrolysis) is 1. The number of carbonyl (C=O) groups is 1. The first kappa shape index (κ1) is 88.1. The van der Waals surface area contributed by atoms with Crippen molar-refractivity contribution < 1.29 is 42.7 Å². The molecule has 12 nitrogen and oxygen atoms in total. The third-order valence-electron chi connectivity index (χ3n) is 10.6. The molecule has 0 aromatic rings. The molecule has 0 radical (unpaired) electrons. The second-order valence-electron chi connectivity index (χ2n) is 22.6. The van der Waals surface area contributed by atoms with Crippen LogP contribution in [-0.2, 0) is 37.9 Å². The average molecular weight is 1290 g/mol. The third kappa shape index (κ3) is 93.4. The Labute approximate surface area is 528 Å². The molecule has 0 heterocycles. The summed E-state index contributed by atoms with van der Waals surface area (Å²) in [5, 5.41) is 9.26. The van der Waals surface area contributed by atoms with Crippen molar-refractivity contribution in [2.75, 3.05) is 134 Å². The molecular weight excluding hydrogens is 1160 g/mol. The Morgan fingerprint density at radius 1 is 0.412 bits per heavy atom. The summed E-state index contributed by atoms with van der Waals surface area (Å²) in [5.41, 5.74) is 0. The molecule has 0 spiro atoms. The van der Waals surface area contributed by atoms with E-state index in [9.17, 15) is 4.79 Å². The van der Waals surface area contributed by atoms with Gasteiger partial charge in [0.05, 0.1) is 38.6 Å². The van der Waals surface area contributed by atoms with Gasteiger partial charge in [0, 0.05) is 86.5 Å². The van der Waals surface area contributed by atoms with Gasteiger partial charge >= 0.3 is 6.09 Å². The smallest absolute Gasteiger partial charge is 0.407 e. The summed E-state index contributed by atoms with van der Waals surface area (Å²) < 4.78 is 43.9. The maximum Gasteiger partial charge on any atom is 0.407 e. The number of hydrogen-bond acceptors (Lipinski definition) is 19. The summed E-state index contributed by atoms with van der Waals surface area (Å²) in [6, 6.07) is 0.626. The van der Waals surface area contributed by atoms with Gasteiger partial charge in [-0.15, -0.1) is 0 Å². The maximum absolute atomic E-state index is 11.8. The first-order chi connectivity index (χ1) is 38.2. The Morgan fingerprint density at radius 2 is 0.850 bits per heavy atom. The van der Waals surface area contributed by atoms with Crippen LogP contribution in [0.4, 0.5) is 4.79 Å². The molecule has 3 N–H and O–H groups in total. The van der Waals surface area contributed by atoms with E-state index in [0.29, 0.717) is 57.2 Å². The molecule has 0 aromatic carbocycles. The van der Waals surface area contributed by atoms with E-state index >= 15 is 0 Å². The van der Waals surface area contributed by atoms with Crippen LogP contribution >= 0.6 is 86.4 Å². The molecule has 486 valence electrons. The Bertz CT molecular complexity index is 1150. The lowest BCUT2D eigenvalue weighted by molar-refractivity contribution is 0.0462. The van der Waals surface area contributed by atoms with Gasteiger partial charge in [0.25, 0.3) is 0 Å². The Kier molecular flexibility index (Phi) is 78.7. The van der Waals surface area contributed by atoms with E-state index in [2.05, 4.69) is 113 Å². The van der Waals surface area contributed by atoms with E-state index in [1.165, 1.54) is 74.4 Å². The van der Waals surface area contributed by atoms with Gasteiger partial charge < -0.3 is 53.8 Å². The minimum Gasteiger partial charge on any atom is -0.450 e. The van der Waals surface area contributed by atoms with E-state index in [1.54, 1.807) is 21.6 Å². The first-order valence-corrected chi connectivity index (χ1v) is 40.5. The maximum atomic E-state index is 11.8. The summed E-state index contributed by atoms with van der Waals surface area (Å²) in [6.07, 6.45) is 16.6. The quantitative estimate of drug-likeness (QED) is 0.0303. The van der Waals surface area contributed by atoms with Crippen LogP contribution in [0.5, 0.6) is 0 Å². The molecule has 0 bridgehead atoms. The Hall–Kier alpha value is 1.71. The normalized spacial score (nSPS) is 11.7. The molecule has 20 heteroatoms. The van der Waals surface area contributed by atoms with E-state index in [4.69, 9.17) is 37.9 Å². The van der Waals surface area contributed by atoms with Crippen LogP contribution < -0.4 is 16.0 Å². The molecule has 0 saturated carbocycles. The standard InChI is InChI=1S/C24H49NO6S2.C14H30O2S2.C12H27NOS2.C10H23NS2/c1-21(2)10-9-14-27-18-19-28-17-12-25-23(26)31-16-11-24(5,6)33-32-20-29-13-7-8-15-30-22(3)4;1-13(2)8-7-11-17-18-12-15-9-5-6-10-16-14(3)4;1-12(2)7-6-10-15-16-11-14-9-5-4-8-13-3;1-9(2)5-7-12-13-8-6-11-10(3)4/h21-22H,7-20H2,1-6H3,(H,25,26);13-14H,5-12H2,1-4H3;12-13H,4-11H2,1-3H3;9-11H,5-8H2,1-4H3. The summed E-state index contributed by atoms with van der Waals surface area (Å²) in [4.78, 5) is 11.8. The van der Waals surface area contributed by atoms with Crippen molar-refractivity contribution in [2.24, 2.45) is 23.7 Å². The molecule has 80 heavy (non-hydrogen) atoms. The molecular formula is C60H129N3O9S8. The Morgan fingerprint density at radius 3 is 1.34 bits per heavy atom. The van der Waals surface area contributed by atoms with Crippen LogP contribution in [0.1, 0.15) is 201 Å². The fraction of sp³-hybridized carbons (Fsp3) is 0.983. The van der Waals surface area contributed by atoms with Crippen molar-refractivity contribution in [3.8, 4) is 0 Å². The average Bonchev–Trinajstić information content (AvgIpc) is 3.38. The number of amides is 1. The summed E-state index contributed by atoms with van der Waals surface area (Å²) in [6.45, 7) is 44.6. The second kappa shape index (κ2) is 71.5. The first-order valence-electron chi connectivity index (χ1n) is 30.7. The molecule has 0 saturated heterocycles. The number of ether oxygens (including phenoxy) is 8. The lowest BCUT2D eigenvalue weighted by atomic mass is 10.1. The molecule has 1 amide bonds. The molecule has 0 aromatic heterocycles. The Balaban J connectivity index is -0.000000520. The van der Waals surface area contributed by atoms with Crippen molar-refractivity contribution in [3.05, 3.63) is 0 Å². The van der Waals surface area contributed by atoms with Crippen LogP contribution in [0.25, 0.3) is 0 Å². The fourth-order valence-corrected chi connectivity index (χ4v) is 14.0. The minimum absolute atomic E-state index is 0.00229. The third-order valence-corrected chi connectivity index (χ3v) is 20.4. The molecule has 0 aliphatic heterocycles. The topological polar surface area (TPSA) is 127 Å². The van der Waals surface area contributed by atoms with Crippen molar-refractivity contribution >= 4 is 92.4 Å². The van der Waals surface area contributed by atoms with Crippen LogP contribution in [0.2, 0.25) is 0 Å². The predicted molar refractivity (Wildman–Crippen MR) is 371 cm³/mol. The molecule has 0 aliphatic rings. The van der Waals surface area contributed by atoms with E-state index in [-0.39, 0.29) is 4.75 Å². The van der Waals surface area contributed by atoms with Crippen molar-refractivity contribution in [1.82, 2.24) is 16.0 Å². The van der Waals surface area contributed by atoms with Gasteiger partial charge in [-0.3, -0.25) is 0 Å². The van der Waals surface area contributed by atoms with Crippen molar-refractivity contribution in [1.29, 1.82) is 0 Å². The van der Waals surface area contributed by atoms with Gasteiger partial charge in [-0.1, -0.05) is 168 Å². The fourth-order valence-electron chi connectivity index (χ4n) is 5.92. The molecule has 0 unspecified atom stereocenters. The number of unbranched alkanes of at least 4 members (excludes halogenated alkanes) is 3. The molecule has 0 atom stereocenters. The van der Waals surface area contributed by atoms with Crippen molar-refractivity contribution in [3.63, 3.8) is 0 Å². The molecule has 0 fully saturated rings. The van der Waals surface area contributed by atoms with Crippen molar-refractivity contribution in [2.45, 2.75) is 224 Å². The number of nitrogens with one attached hydrogen (secondary N) is 3. The number of rotatable bonds is 56. The predicted octanol–water partition coefficient (Wildman–Crippen LogP) is 18.1. The highest BCUT2D eigenvalue weighted by atomic mass is 33.1. The zero-order valence-corrected chi connectivity index (χ0v) is 61.1. The van der Waals surface area contributed by atoms with E-state index in [0.717, 1.165) is 127 Å². The van der Waals surface area contributed by atoms with Gasteiger partial charge in [-0.2, -0.15) is 0 Å². The van der Waals surface area contributed by atoms with E-state index < -0.39 is 6.09 Å². The van der Waals surface area contributed by atoms with Crippen LogP contribution in [0.15, 0.2) is 0 Å². The summed E-state index contributed by atoms with van der Waals surface area (Å²) in [5.74, 6) is 10.6. The highest BCUT2D eigenvalue weighted by molar-refractivity contribution is 8.77. The summed E-state index contributed by atoms with van der Waals surface area (Å²) in [7, 11) is 17.0. The minimum atomic E-state index is -0.401. The number of carbonyl (C=O) groups excluding carboxylic acids is 1. The van der Waals surface area contributed by atoms with Gasteiger partial charge in [-0.05, 0) is 156 Å². The molecule has 0 rings (SSSR count). The second-order valence-corrected chi connectivity index (χ2v) is 33.3. The molecule has 0 aliphatic carbocycles. The van der Waals surface area contributed by atoms with Gasteiger partial charge in [0.1, 0.15) is 17.8 Å². The number of hydrogen-bond donors (Lipinski definition) is 3. The highest BCUT2D eigenvalue weighted by Gasteiger charge is 2.20. The van der Waals surface area contributed by atoms with Crippen LogP contribution in [0.3, 0.4) is 0 Å².